The van der Waals surface area contributed by atoms with Crippen molar-refractivity contribution in [2.24, 2.45) is 0 Å². The predicted octanol–water partition coefficient (Wildman–Crippen LogP) is 1.63. The van der Waals surface area contributed by atoms with Crippen molar-refractivity contribution in [3.8, 4) is 0 Å². The fourth-order valence-electron chi connectivity index (χ4n) is 2.36. The number of nitrogens with zero attached hydrogens (tertiary/aromatic N) is 1. The third-order valence-electron chi connectivity index (χ3n) is 3.43. The zero-order chi connectivity index (χ0) is 14.0. The maximum Gasteiger partial charge on any atom is 0.254 e. The van der Waals surface area contributed by atoms with E-state index in [-0.39, 0.29) is 17.9 Å². The molecule has 2 rings (SSSR count). The first-order valence-electron chi connectivity index (χ1n) is 6.43. The fraction of sp³-hybridized carbons (Fsp3) is 0.429. The molecule has 1 fully saturated rings. The van der Waals surface area contributed by atoms with Gasteiger partial charge in [0.1, 0.15) is 6.04 Å². The van der Waals surface area contributed by atoms with E-state index in [0.29, 0.717) is 25.1 Å². The van der Waals surface area contributed by atoms with Gasteiger partial charge in [-0.1, -0.05) is 13.0 Å². The summed E-state index contributed by atoms with van der Waals surface area (Å²) >= 11 is 4.27. The maximum atomic E-state index is 12.6. The van der Waals surface area contributed by atoms with E-state index in [4.69, 9.17) is 0 Å². The summed E-state index contributed by atoms with van der Waals surface area (Å²) in [7, 11) is 0. The lowest BCUT2D eigenvalue weighted by Crippen LogP contribution is -2.57. The lowest BCUT2D eigenvalue weighted by molar-refractivity contribution is -0.127. The Hall–Kier alpha value is -1.49. The van der Waals surface area contributed by atoms with E-state index in [1.165, 1.54) is 0 Å². The van der Waals surface area contributed by atoms with E-state index in [0.717, 1.165) is 10.5 Å². The third kappa shape index (κ3) is 2.76. The Kier molecular flexibility index (Phi) is 4.14. The molecule has 2 amide bonds. The van der Waals surface area contributed by atoms with Crippen LogP contribution in [-0.2, 0) is 4.79 Å². The molecule has 19 heavy (non-hydrogen) atoms. The lowest BCUT2D eigenvalue weighted by Gasteiger charge is -2.34. The van der Waals surface area contributed by atoms with Crippen molar-refractivity contribution >= 4 is 24.4 Å². The molecule has 0 radical (unpaired) electrons. The van der Waals surface area contributed by atoms with Gasteiger partial charge in [-0.15, -0.1) is 12.6 Å². The Morgan fingerprint density at radius 1 is 1.53 bits per heavy atom. The third-order valence-corrected chi connectivity index (χ3v) is 3.71. The van der Waals surface area contributed by atoms with E-state index in [1.54, 1.807) is 11.0 Å². The van der Waals surface area contributed by atoms with Gasteiger partial charge in [0.05, 0.1) is 0 Å². The molecule has 1 N–H and O–H groups in total. The summed E-state index contributed by atoms with van der Waals surface area (Å²) < 4.78 is 0. The molecule has 0 spiro atoms. The minimum atomic E-state index is -0.371. The van der Waals surface area contributed by atoms with E-state index in [2.05, 4.69) is 17.9 Å². The Morgan fingerprint density at radius 3 is 2.95 bits per heavy atom. The van der Waals surface area contributed by atoms with Crippen molar-refractivity contribution in [2.75, 3.05) is 13.1 Å². The van der Waals surface area contributed by atoms with Gasteiger partial charge in [0, 0.05) is 23.5 Å². The molecule has 0 saturated carbocycles. The normalized spacial score (nSPS) is 19.2. The van der Waals surface area contributed by atoms with Crippen LogP contribution in [0.1, 0.15) is 29.3 Å². The molecule has 1 heterocycles. The molecular formula is C14H18N2O2S. The van der Waals surface area contributed by atoms with Crippen LogP contribution in [0, 0.1) is 6.92 Å². The van der Waals surface area contributed by atoms with Crippen LogP contribution < -0.4 is 5.32 Å². The van der Waals surface area contributed by atoms with Gasteiger partial charge in [0.15, 0.2) is 0 Å². The summed E-state index contributed by atoms with van der Waals surface area (Å²) in [6, 6.07) is 5.12. The largest absolute Gasteiger partial charge is 0.353 e. The van der Waals surface area contributed by atoms with Crippen molar-refractivity contribution in [1.29, 1.82) is 0 Å². The SMILES string of the molecule is CCC1C(=O)NCCN1C(=O)c1cc(S)ccc1C. The molecule has 1 aromatic rings. The molecule has 0 bridgehead atoms. The maximum absolute atomic E-state index is 12.6. The summed E-state index contributed by atoms with van der Waals surface area (Å²) in [6.45, 7) is 4.88. The van der Waals surface area contributed by atoms with Gasteiger partial charge in [-0.05, 0) is 31.0 Å². The Balaban J connectivity index is 2.32. The van der Waals surface area contributed by atoms with E-state index in [9.17, 15) is 9.59 Å². The molecular weight excluding hydrogens is 260 g/mol. The first-order chi connectivity index (χ1) is 9.04. The molecule has 1 atom stereocenters. The van der Waals surface area contributed by atoms with Crippen LogP contribution in [0.15, 0.2) is 23.1 Å². The average molecular weight is 278 g/mol. The molecule has 102 valence electrons. The van der Waals surface area contributed by atoms with Gasteiger partial charge in [-0.2, -0.15) is 0 Å². The zero-order valence-electron chi connectivity index (χ0n) is 11.1. The summed E-state index contributed by atoms with van der Waals surface area (Å²) in [4.78, 5) is 26.8. The summed E-state index contributed by atoms with van der Waals surface area (Å²) in [5, 5.41) is 2.80. The molecule has 1 aromatic carbocycles. The number of rotatable bonds is 2. The van der Waals surface area contributed by atoms with Gasteiger partial charge < -0.3 is 10.2 Å². The predicted molar refractivity (Wildman–Crippen MR) is 76.6 cm³/mol. The second-order valence-electron chi connectivity index (χ2n) is 4.71. The fourth-order valence-corrected chi connectivity index (χ4v) is 2.56. The highest BCUT2D eigenvalue weighted by molar-refractivity contribution is 7.80. The Labute approximate surface area is 118 Å². The molecule has 5 heteroatoms. The molecule has 1 aliphatic rings. The number of carbonyl (C=O) groups is 2. The van der Waals surface area contributed by atoms with Crippen molar-refractivity contribution in [3.05, 3.63) is 29.3 Å². The highest BCUT2D eigenvalue weighted by Gasteiger charge is 2.32. The number of piperazine rings is 1. The quantitative estimate of drug-likeness (QED) is 0.808. The molecule has 1 saturated heterocycles. The number of hydrogen-bond acceptors (Lipinski definition) is 3. The van der Waals surface area contributed by atoms with Crippen molar-refractivity contribution in [1.82, 2.24) is 10.2 Å². The van der Waals surface area contributed by atoms with Gasteiger partial charge in [0.25, 0.3) is 5.91 Å². The smallest absolute Gasteiger partial charge is 0.254 e. The van der Waals surface area contributed by atoms with Gasteiger partial charge >= 0.3 is 0 Å². The number of benzene rings is 1. The number of thiol groups is 1. The van der Waals surface area contributed by atoms with Crippen LogP contribution in [0.3, 0.4) is 0 Å². The highest BCUT2D eigenvalue weighted by Crippen LogP contribution is 2.19. The molecule has 0 aliphatic carbocycles. The average Bonchev–Trinajstić information content (AvgIpc) is 2.40. The van der Waals surface area contributed by atoms with Crippen LogP contribution in [0.5, 0.6) is 0 Å². The van der Waals surface area contributed by atoms with Crippen LogP contribution >= 0.6 is 12.6 Å². The molecule has 4 nitrogen and oxygen atoms in total. The summed E-state index contributed by atoms with van der Waals surface area (Å²) in [6.07, 6.45) is 0.622. The number of amides is 2. The number of carbonyl (C=O) groups excluding carboxylic acids is 2. The van der Waals surface area contributed by atoms with Crippen LogP contribution in [0.2, 0.25) is 0 Å². The van der Waals surface area contributed by atoms with E-state index in [1.807, 2.05) is 26.0 Å². The van der Waals surface area contributed by atoms with Crippen molar-refractivity contribution in [2.45, 2.75) is 31.2 Å². The minimum Gasteiger partial charge on any atom is -0.353 e. The van der Waals surface area contributed by atoms with E-state index < -0.39 is 0 Å². The van der Waals surface area contributed by atoms with Gasteiger partial charge in [-0.25, -0.2) is 0 Å². The number of aryl methyl sites for hydroxylation is 1. The standard InChI is InChI=1S/C14H18N2O2S/c1-3-12-13(17)15-6-7-16(12)14(18)11-8-10(19)5-4-9(11)2/h4-5,8,12,19H,3,6-7H2,1-2H3,(H,15,17). The van der Waals surface area contributed by atoms with E-state index >= 15 is 0 Å². The second-order valence-corrected chi connectivity index (χ2v) is 5.23. The molecule has 1 aliphatic heterocycles. The summed E-state index contributed by atoms with van der Waals surface area (Å²) in [5.74, 6) is -0.156. The first kappa shape index (κ1) is 13.9. The van der Waals surface area contributed by atoms with Gasteiger partial charge in [-0.3, -0.25) is 9.59 Å². The topological polar surface area (TPSA) is 49.4 Å². The zero-order valence-corrected chi connectivity index (χ0v) is 12.0. The number of hydrogen-bond donors (Lipinski definition) is 2. The molecule has 1 unspecified atom stereocenters. The van der Waals surface area contributed by atoms with Crippen LogP contribution in [0.4, 0.5) is 0 Å². The number of nitrogens with one attached hydrogen (secondary N) is 1. The monoisotopic (exact) mass is 278 g/mol. The highest BCUT2D eigenvalue weighted by atomic mass is 32.1. The van der Waals surface area contributed by atoms with Gasteiger partial charge in [0.2, 0.25) is 5.91 Å². The Bertz CT molecular complexity index is 516. The lowest BCUT2D eigenvalue weighted by atomic mass is 10.0. The second kappa shape index (κ2) is 5.65. The Morgan fingerprint density at radius 2 is 2.26 bits per heavy atom. The first-order valence-corrected chi connectivity index (χ1v) is 6.87. The molecule has 0 aromatic heterocycles. The van der Waals surface area contributed by atoms with Crippen LogP contribution in [-0.4, -0.2) is 35.8 Å². The summed E-state index contributed by atoms with van der Waals surface area (Å²) in [5.41, 5.74) is 1.53. The minimum absolute atomic E-state index is 0.0678. The van der Waals surface area contributed by atoms with Crippen molar-refractivity contribution in [3.63, 3.8) is 0 Å². The van der Waals surface area contributed by atoms with Crippen molar-refractivity contribution < 1.29 is 9.59 Å². The van der Waals surface area contributed by atoms with Crippen LogP contribution in [0.25, 0.3) is 0 Å².